The number of carbonyl (C=O) groups excluding carboxylic acids is 1. The largest absolute Gasteiger partial charge is 0.464 e. The summed E-state index contributed by atoms with van der Waals surface area (Å²) in [6, 6.07) is 0. The highest BCUT2D eigenvalue weighted by Crippen LogP contribution is 2.28. The minimum atomic E-state index is -0.367. The van der Waals surface area contributed by atoms with E-state index in [9.17, 15) is 4.79 Å². The van der Waals surface area contributed by atoms with Crippen LogP contribution >= 0.6 is 0 Å². The van der Waals surface area contributed by atoms with E-state index in [2.05, 4.69) is 11.8 Å². The van der Waals surface area contributed by atoms with Crippen molar-refractivity contribution in [3.63, 3.8) is 0 Å². The predicted octanol–water partition coefficient (Wildman–Crippen LogP) is 1.81. The van der Waals surface area contributed by atoms with Gasteiger partial charge in [-0.15, -0.1) is 0 Å². The van der Waals surface area contributed by atoms with Crippen LogP contribution in [0.4, 0.5) is 0 Å². The van der Waals surface area contributed by atoms with E-state index in [4.69, 9.17) is 4.74 Å². The molecule has 3 nitrogen and oxygen atoms in total. The van der Waals surface area contributed by atoms with Gasteiger partial charge in [0.1, 0.15) is 5.54 Å². The van der Waals surface area contributed by atoms with E-state index < -0.39 is 0 Å². The molecule has 0 aromatic heterocycles. The lowest BCUT2D eigenvalue weighted by atomic mass is 10.00. The summed E-state index contributed by atoms with van der Waals surface area (Å²) in [5.41, 5.74) is -0.367. The fraction of sp³-hybridized carbons (Fsp3) is 0.909. The maximum Gasteiger partial charge on any atom is 0.326 e. The van der Waals surface area contributed by atoms with Crippen LogP contribution in [0.5, 0.6) is 0 Å². The number of likely N-dealkylation sites (N-methyl/N-ethyl adjacent to an activating group) is 1. The van der Waals surface area contributed by atoms with Gasteiger partial charge in [-0.2, -0.15) is 0 Å². The summed E-state index contributed by atoms with van der Waals surface area (Å²) in [7, 11) is 1.99. The Hall–Kier alpha value is -0.570. The zero-order valence-electron chi connectivity index (χ0n) is 9.51. The highest BCUT2D eigenvalue weighted by atomic mass is 16.5. The summed E-state index contributed by atoms with van der Waals surface area (Å²) in [5, 5.41) is 0. The molecule has 1 aliphatic heterocycles. The number of hydrogen-bond donors (Lipinski definition) is 0. The van der Waals surface area contributed by atoms with Gasteiger partial charge in [0.2, 0.25) is 0 Å². The number of nitrogens with zero attached hydrogens (tertiary/aromatic N) is 1. The third kappa shape index (κ3) is 2.27. The monoisotopic (exact) mass is 199 g/mol. The summed E-state index contributed by atoms with van der Waals surface area (Å²) < 4.78 is 5.26. The van der Waals surface area contributed by atoms with Gasteiger partial charge < -0.3 is 4.74 Å². The molecule has 0 amide bonds. The Bertz CT molecular complexity index is 205. The molecular weight excluding hydrogens is 178 g/mol. The third-order valence-corrected chi connectivity index (χ3v) is 3.17. The lowest BCUT2D eigenvalue weighted by molar-refractivity contribution is -0.154. The van der Waals surface area contributed by atoms with Gasteiger partial charge in [0.15, 0.2) is 0 Å². The van der Waals surface area contributed by atoms with E-state index in [1.54, 1.807) is 0 Å². The van der Waals surface area contributed by atoms with Crippen LogP contribution in [0.15, 0.2) is 0 Å². The Kier molecular flexibility index (Phi) is 3.93. The molecule has 0 radical (unpaired) electrons. The van der Waals surface area contributed by atoms with Crippen LogP contribution < -0.4 is 0 Å². The molecule has 1 atom stereocenters. The van der Waals surface area contributed by atoms with E-state index in [0.29, 0.717) is 6.61 Å². The molecule has 0 aromatic carbocycles. The van der Waals surface area contributed by atoms with E-state index in [-0.39, 0.29) is 11.5 Å². The van der Waals surface area contributed by atoms with Gasteiger partial charge in [0, 0.05) is 0 Å². The molecule has 0 saturated carbocycles. The number of carbonyl (C=O) groups is 1. The van der Waals surface area contributed by atoms with Gasteiger partial charge in [-0.05, 0) is 39.8 Å². The average molecular weight is 199 g/mol. The first kappa shape index (κ1) is 11.5. The molecule has 0 aromatic rings. The van der Waals surface area contributed by atoms with Gasteiger partial charge in [0.05, 0.1) is 6.61 Å². The standard InChI is InChI=1S/C11H21NO2/c1-4-5-9-14-10(13)11(2)7-6-8-12(11)3/h4-9H2,1-3H3. The molecule has 1 heterocycles. The van der Waals surface area contributed by atoms with E-state index >= 15 is 0 Å². The number of hydrogen-bond acceptors (Lipinski definition) is 3. The van der Waals surface area contributed by atoms with Crippen molar-refractivity contribution in [1.82, 2.24) is 4.90 Å². The summed E-state index contributed by atoms with van der Waals surface area (Å²) in [4.78, 5) is 13.9. The number of ether oxygens (including phenoxy) is 1. The molecule has 1 fully saturated rings. The molecule has 0 spiro atoms. The van der Waals surface area contributed by atoms with Crippen molar-refractivity contribution in [3.8, 4) is 0 Å². The molecule has 3 heteroatoms. The Morgan fingerprint density at radius 2 is 2.29 bits per heavy atom. The quantitative estimate of drug-likeness (QED) is 0.511. The topological polar surface area (TPSA) is 29.5 Å². The van der Waals surface area contributed by atoms with Gasteiger partial charge in [-0.1, -0.05) is 13.3 Å². The normalized spacial score (nSPS) is 27.9. The second kappa shape index (κ2) is 4.78. The van der Waals surface area contributed by atoms with Crippen molar-refractivity contribution in [2.75, 3.05) is 20.2 Å². The first-order valence-corrected chi connectivity index (χ1v) is 5.49. The van der Waals surface area contributed by atoms with Crippen molar-refractivity contribution in [2.45, 2.75) is 45.1 Å². The Morgan fingerprint density at radius 3 is 2.79 bits per heavy atom. The van der Waals surface area contributed by atoms with Crippen LogP contribution in [-0.2, 0) is 9.53 Å². The fourth-order valence-electron chi connectivity index (χ4n) is 1.82. The van der Waals surface area contributed by atoms with Gasteiger partial charge in [-0.3, -0.25) is 9.69 Å². The van der Waals surface area contributed by atoms with Crippen LogP contribution in [0.1, 0.15) is 39.5 Å². The molecule has 14 heavy (non-hydrogen) atoms. The SMILES string of the molecule is CCCCOC(=O)C1(C)CCCN1C. The zero-order chi connectivity index (χ0) is 10.6. The zero-order valence-corrected chi connectivity index (χ0v) is 9.51. The maximum absolute atomic E-state index is 11.8. The summed E-state index contributed by atoms with van der Waals surface area (Å²) in [5.74, 6) is -0.0500. The smallest absolute Gasteiger partial charge is 0.326 e. The Balaban J connectivity index is 2.42. The number of rotatable bonds is 4. The van der Waals surface area contributed by atoms with E-state index in [1.165, 1.54) is 0 Å². The summed E-state index contributed by atoms with van der Waals surface area (Å²) >= 11 is 0. The lowest BCUT2D eigenvalue weighted by Crippen LogP contribution is -2.46. The number of esters is 1. The molecule has 82 valence electrons. The summed E-state index contributed by atoms with van der Waals surface area (Å²) in [6.07, 6.45) is 4.05. The van der Waals surface area contributed by atoms with Crippen molar-refractivity contribution in [3.05, 3.63) is 0 Å². The highest BCUT2D eigenvalue weighted by molar-refractivity contribution is 5.80. The molecule has 1 rings (SSSR count). The molecule has 0 N–H and O–H groups in total. The van der Waals surface area contributed by atoms with Gasteiger partial charge in [-0.25, -0.2) is 0 Å². The van der Waals surface area contributed by atoms with Crippen LogP contribution in [0, 0.1) is 0 Å². The summed E-state index contributed by atoms with van der Waals surface area (Å²) in [6.45, 7) is 5.64. The van der Waals surface area contributed by atoms with Gasteiger partial charge >= 0.3 is 5.97 Å². The second-order valence-electron chi connectivity index (χ2n) is 4.29. The molecular formula is C11H21NO2. The molecule has 1 unspecified atom stereocenters. The minimum Gasteiger partial charge on any atom is -0.464 e. The van der Waals surface area contributed by atoms with E-state index in [1.807, 2.05) is 14.0 Å². The third-order valence-electron chi connectivity index (χ3n) is 3.17. The Morgan fingerprint density at radius 1 is 1.57 bits per heavy atom. The molecule has 0 aliphatic carbocycles. The lowest BCUT2D eigenvalue weighted by Gasteiger charge is -2.29. The first-order valence-electron chi connectivity index (χ1n) is 5.49. The Labute approximate surface area is 86.4 Å². The molecule has 1 saturated heterocycles. The average Bonchev–Trinajstić information content (AvgIpc) is 2.49. The fourth-order valence-corrected chi connectivity index (χ4v) is 1.82. The van der Waals surface area contributed by atoms with Crippen LogP contribution in [-0.4, -0.2) is 36.6 Å². The predicted molar refractivity (Wildman–Crippen MR) is 56.1 cm³/mol. The second-order valence-corrected chi connectivity index (χ2v) is 4.29. The minimum absolute atomic E-state index is 0.0500. The van der Waals surface area contributed by atoms with Crippen molar-refractivity contribution < 1.29 is 9.53 Å². The number of likely N-dealkylation sites (tertiary alicyclic amines) is 1. The van der Waals surface area contributed by atoms with Crippen LogP contribution in [0.2, 0.25) is 0 Å². The van der Waals surface area contributed by atoms with E-state index in [0.717, 1.165) is 32.2 Å². The van der Waals surface area contributed by atoms with Crippen LogP contribution in [0.25, 0.3) is 0 Å². The highest BCUT2D eigenvalue weighted by Gasteiger charge is 2.42. The van der Waals surface area contributed by atoms with Crippen molar-refractivity contribution in [2.24, 2.45) is 0 Å². The molecule has 0 bridgehead atoms. The number of unbranched alkanes of at least 4 members (excludes halogenated alkanes) is 1. The molecule has 1 aliphatic rings. The van der Waals surface area contributed by atoms with Crippen molar-refractivity contribution >= 4 is 5.97 Å². The van der Waals surface area contributed by atoms with Crippen LogP contribution in [0.3, 0.4) is 0 Å². The van der Waals surface area contributed by atoms with Gasteiger partial charge in [0.25, 0.3) is 0 Å². The maximum atomic E-state index is 11.8. The first-order chi connectivity index (χ1) is 6.61. The van der Waals surface area contributed by atoms with Crippen molar-refractivity contribution in [1.29, 1.82) is 0 Å².